The SMILES string of the molecule is CC(C)C(=O)NS(=O)(=O)C1CC1CC(C)C(=O)NS(C)(=O)=O. The van der Waals surface area contributed by atoms with Crippen LogP contribution in [0.3, 0.4) is 0 Å². The van der Waals surface area contributed by atoms with Crippen LogP contribution in [0, 0.1) is 17.8 Å². The van der Waals surface area contributed by atoms with Crippen LogP contribution in [-0.4, -0.2) is 40.2 Å². The van der Waals surface area contributed by atoms with Gasteiger partial charge < -0.3 is 0 Å². The molecule has 0 radical (unpaired) electrons. The van der Waals surface area contributed by atoms with E-state index in [1.807, 2.05) is 9.44 Å². The molecule has 1 fully saturated rings. The van der Waals surface area contributed by atoms with E-state index in [9.17, 15) is 26.4 Å². The predicted octanol–water partition coefficient (Wildman–Crippen LogP) is -0.421. The molecule has 128 valence electrons. The van der Waals surface area contributed by atoms with Crippen molar-refractivity contribution in [1.29, 1.82) is 0 Å². The zero-order valence-electron chi connectivity index (χ0n) is 13.0. The molecule has 0 aliphatic heterocycles. The van der Waals surface area contributed by atoms with E-state index in [1.54, 1.807) is 13.8 Å². The summed E-state index contributed by atoms with van der Waals surface area (Å²) in [6.07, 6.45) is 1.49. The van der Waals surface area contributed by atoms with Gasteiger partial charge in [0.2, 0.25) is 31.9 Å². The molecule has 0 heterocycles. The van der Waals surface area contributed by atoms with E-state index >= 15 is 0 Å². The van der Waals surface area contributed by atoms with Crippen molar-refractivity contribution in [2.75, 3.05) is 6.26 Å². The van der Waals surface area contributed by atoms with Crippen LogP contribution in [0.4, 0.5) is 0 Å². The van der Waals surface area contributed by atoms with Crippen LogP contribution in [0.5, 0.6) is 0 Å². The molecule has 1 aliphatic carbocycles. The first kappa shape index (κ1) is 18.9. The molecule has 0 spiro atoms. The third-order valence-corrected chi connectivity index (χ3v) is 5.85. The highest BCUT2D eigenvalue weighted by atomic mass is 32.2. The molecule has 3 atom stereocenters. The number of nitrogens with one attached hydrogen (secondary N) is 2. The maximum Gasteiger partial charge on any atom is 0.238 e. The Bertz CT molecular complexity index is 653. The molecule has 0 bridgehead atoms. The van der Waals surface area contributed by atoms with E-state index in [0.717, 1.165) is 6.26 Å². The first-order valence-electron chi connectivity index (χ1n) is 6.90. The summed E-state index contributed by atoms with van der Waals surface area (Å²) in [6, 6.07) is 0. The molecule has 1 aliphatic rings. The minimum atomic E-state index is -3.74. The molecular formula is C12H22N2O6S2. The molecule has 0 aromatic heterocycles. The Kier molecular flexibility index (Phi) is 5.61. The molecule has 3 unspecified atom stereocenters. The van der Waals surface area contributed by atoms with Crippen LogP contribution < -0.4 is 9.44 Å². The second-order valence-electron chi connectivity index (χ2n) is 6.08. The number of hydrogen-bond acceptors (Lipinski definition) is 6. The third kappa shape index (κ3) is 5.56. The molecule has 1 rings (SSSR count). The zero-order valence-corrected chi connectivity index (χ0v) is 14.6. The van der Waals surface area contributed by atoms with E-state index in [1.165, 1.54) is 6.92 Å². The lowest BCUT2D eigenvalue weighted by Crippen LogP contribution is -2.37. The molecule has 0 saturated heterocycles. The van der Waals surface area contributed by atoms with Crippen molar-refractivity contribution in [3.05, 3.63) is 0 Å². The van der Waals surface area contributed by atoms with Crippen molar-refractivity contribution in [3.8, 4) is 0 Å². The van der Waals surface area contributed by atoms with E-state index in [4.69, 9.17) is 0 Å². The molecule has 22 heavy (non-hydrogen) atoms. The Morgan fingerprint density at radius 1 is 1.05 bits per heavy atom. The second kappa shape index (κ2) is 6.53. The third-order valence-electron chi connectivity index (χ3n) is 3.41. The van der Waals surface area contributed by atoms with Crippen molar-refractivity contribution in [2.24, 2.45) is 17.8 Å². The van der Waals surface area contributed by atoms with Crippen molar-refractivity contribution in [1.82, 2.24) is 9.44 Å². The molecule has 0 aromatic carbocycles. The van der Waals surface area contributed by atoms with Crippen LogP contribution in [0.25, 0.3) is 0 Å². The van der Waals surface area contributed by atoms with Crippen LogP contribution >= 0.6 is 0 Å². The molecule has 0 aromatic rings. The fourth-order valence-electron chi connectivity index (χ4n) is 2.03. The lowest BCUT2D eigenvalue weighted by Gasteiger charge is -2.11. The largest absolute Gasteiger partial charge is 0.274 e. The van der Waals surface area contributed by atoms with Gasteiger partial charge in [0.25, 0.3) is 0 Å². The second-order valence-corrected chi connectivity index (χ2v) is 9.72. The lowest BCUT2D eigenvalue weighted by atomic mass is 10.0. The van der Waals surface area contributed by atoms with Crippen LogP contribution in [-0.2, 0) is 29.6 Å². The standard InChI is InChI=1S/C12H22N2O6S2/c1-7(2)11(15)14-22(19,20)10-6-9(10)5-8(3)12(16)13-21(4,17)18/h7-10H,5-6H2,1-4H3,(H,13,16)(H,14,15). The highest BCUT2D eigenvalue weighted by molar-refractivity contribution is 7.91. The van der Waals surface area contributed by atoms with E-state index in [-0.39, 0.29) is 12.3 Å². The number of hydrogen-bond donors (Lipinski definition) is 2. The number of rotatable bonds is 7. The van der Waals surface area contributed by atoms with Gasteiger partial charge in [0.05, 0.1) is 11.5 Å². The predicted molar refractivity (Wildman–Crippen MR) is 80.6 cm³/mol. The summed E-state index contributed by atoms with van der Waals surface area (Å²) in [4.78, 5) is 23.1. The number of carbonyl (C=O) groups excluding carboxylic acids is 2. The Labute approximate surface area is 131 Å². The summed E-state index contributed by atoms with van der Waals surface area (Å²) in [6.45, 7) is 4.72. The summed E-state index contributed by atoms with van der Waals surface area (Å²) in [5.41, 5.74) is 0. The normalized spacial score (nSPS) is 23.0. The van der Waals surface area contributed by atoms with Crippen molar-refractivity contribution in [3.63, 3.8) is 0 Å². The van der Waals surface area contributed by atoms with Gasteiger partial charge in [-0.3, -0.25) is 19.0 Å². The minimum Gasteiger partial charge on any atom is -0.274 e. The fourth-order valence-corrected chi connectivity index (χ4v) is 4.38. The molecule has 8 nitrogen and oxygen atoms in total. The van der Waals surface area contributed by atoms with Crippen LogP contribution in [0.15, 0.2) is 0 Å². The van der Waals surface area contributed by atoms with Crippen LogP contribution in [0.2, 0.25) is 0 Å². The average Bonchev–Trinajstić information content (AvgIpc) is 3.05. The van der Waals surface area contributed by atoms with Gasteiger partial charge >= 0.3 is 0 Å². The van der Waals surface area contributed by atoms with Gasteiger partial charge in [-0.1, -0.05) is 20.8 Å². The van der Waals surface area contributed by atoms with Crippen molar-refractivity contribution >= 4 is 31.9 Å². The summed E-state index contributed by atoms with van der Waals surface area (Å²) >= 11 is 0. The van der Waals surface area contributed by atoms with Gasteiger partial charge in [0.1, 0.15) is 0 Å². The average molecular weight is 354 g/mol. The van der Waals surface area contributed by atoms with Gasteiger partial charge in [-0.25, -0.2) is 16.8 Å². The van der Waals surface area contributed by atoms with Gasteiger partial charge in [-0.05, 0) is 18.8 Å². The van der Waals surface area contributed by atoms with Crippen molar-refractivity contribution in [2.45, 2.75) is 38.9 Å². The maximum atomic E-state index is 12.0. The molecular weight excluding hydrogens is 332 g/mol. The first-order valence-corrected chi connectivity index (χ1v) is 10.3. The summed E-state index contributed by atoms with van der Waals surface area (Å²) < 4.78 is 49.8. The van der Waals surface area contributed by atoms with E-state index in [0.29, 0.717) is 6.42 Å². The monoisotopic (exact) mass is 354 g/mol. The zero-order chi connectivity index (χ0) is 17.3. The summed E-state index contributed by atoms with van der Waals surface area (Å²) in [7, 11) is -7.36. The quantitative estimate of drug-likeness (QED) is 0.639. The molecule has 1 saturated carbocycles. The van der Waals surface area contributed by atoms with Gasteiger partial charge in [-0.2, -0.15) is 0 Å². The molecule has 2 amide bonds. The maximum absolute atomic E-state index is 12.0. The smallest absolute Gasteiger partial charge is 0.238 e. The number of carbonyl (C=O) groups is 2. The van der Waals surface area contributed by atoms with Crippen LogP contribution in [0.1, 0.15) is 33.6 Å². The highest BCUT2D eigenvalue weighted by Crippen LogP contribution is 2.41. The topological polar surface area (TPSA) is 126 Å². The van der Waals surface area contributed by atoms with Gasteiger partial charge in [-0.15, -0.1) is 0 Å². The summed E-state index contributed by atoms with van der Waals surface area (Å²) in [5, 5.41) is -0.705. The number of sulfonamides is 2. The van der Waals surface area contributed by atoms with Gasteiger partial charge in [0, 0.05) is 11.8 Å². The lowest BCUT2D eigenvalue weighted by molar-refractivity contribution is -0.123. The Hall–Kier alpha value is -1.16. The summed E-state index contributed by atoms with van der Waals surface area (Å²) in [5.74, 6) is -2.53. The Morgan fingerprint density at radius 3 is 2.05 bits per heavy atom. The molecule has 2 N–H and O–H groups in total. The minimum absolute atomic E-state index is 0.252. The highest BCUT2D eigenvalue weighted by Gasteiger charge is 2.48. The fraction of sp³-hybridized carbons (Fsp3) is 0.833. The first-order chi connectivity index (χ1) is 9.83. The van der Waals surface area contributed by atoms with E-state index < -0.39 is 48.9 Å². The van der Waals surface area contributed by atoms with E-state index in [2.05, 4.69) is 0 Å². The Morgan fingerprint density at radius 2 is 1.59 bits per heavy atom. The molecule has 10 heteroatoms. The number of amides is 2. The van der Waals surface area contributed by atoms with Crippen molar-refractivity contribution < 1.29 is 26.4 Å². The van der Waals surface area contributed by atoms with Gasteiger partial charge in [0.15, 0.2) is 0 Å². The Balaban J connectivity index is 2.55.